The second-order valence-corrected chi connectivity index (χ2v) is 5.34. The zero-order chi connectivity index (χ0) is 15.5. The van der Waals surface area contributed by atoms with Crippen LogP contribution in [0.3, 0.4) is 0 Å². The fraction of sp³-hybridized carbons (Fsp3) is 0.462. The SMILES string of the molecule is CCC(C)(C)CNC(=O)c1cc(F)cc([N+](=O)[O-])c1N. The summed E-state index contributed by atoms with van der Waals surface area (Å²) in [6.45, 7) is 6.27. The molecule has 0 aliphatic heterocycles. The van der Waals surface area contributed by atoms with Gasteiger partial charge in [-0.05, 0) is 17.9 Å². The molecule has 7 heteroatoms. The number of carbonyl (C=O) groups is 1. The Kier molecular flexibility index (Phi) is 4.65. The molecule has 0 unspecified atom stereocenters. The molecule has 0 radical (unpaired) electrons. The van der Waals surface area contributed by atoms with E-state index in [4.69, 9.17) is 5.73 Å². The molecular weight excluding hydrogens is 265 g/mol. The molecule has 0 aliphatic carbocycles. The molecule has 0 aliphatic rings. The van der Waals surface area contributed by atoms with Gasteiger partial charge in [0, 0.05) is 6.54 Å². The van der Waals surface area contributed by atoms with Crippen LogP contribution in [-0.2, 0) is 0 Å². The van der Waals surface area contributed by atoms with Crippen molar-refractivity contribution in [3.63, 3.8) is 0 Å². The number of nitro benzene ring substituents is 1. The Labute approximate surface area is 116 Å². The molecule has 0 atom stereocenters. The maximum absolute atomic E-state index is 13.3. The average molecular weight is 283 g/mol. The van der Waals surface area contributed by atoms with Gasteiger partial charge < -0.3 is 11.1 Å². The van der Waals surface area contributed by atoms with Crippen molar-refractivity contribution in [1.82, 2.24) is 5.32 Å². The number of anilines is 1. The van der Waals surface area contributed by atoms with Crippen molar-refractivity contribution in [3.8, 4) is 0 Å². The van der Waals surface area contributed by atoms with E-state index in [1.54, 1.807) is 0 Å². The third-order valence-electron chi connectivity index (χ3n) is 3.25. The monoisotopic (exact) mass is 283 g/mol. The van der Waals surface area contributed by atoms with Crippen molar-refractivity contribution >= 4 is 17.3 Å². The van der Waals surface area contributed by atoms with Gasteiger partial charge in [-0.25, -0.2) is 4.39 Å². The first kappa shape index (κ1) is 15.9. The number of nitrogens with zero attached hydrogens (tertiary/aromatic N) is 1. The smallest absolute Gasteiger partial charge is 0.295 e. The summed E-state index contributed by atoms with van der Waals surface area (Å²) >= 11 is 0. The molecule has 1 aromatic carbocycles. The van der Waals surface area contributed by atoms with E-state index in [9.17, 15) is 19.3 Å². The minimum atomic E-state index is -0.870. The summed E-state index contributed by atoms with van der Waals surface area (Å²) < 4.78 is 13.3. The zero-order valence-corrected chi connectivity index (χ0v) is 11.7. The first-order valence-corrected chi connectivity index (χ1v) is 6.19. The molecule has 20 heavy (non-hydrogen) atoms. The van der Waals surface area contributed by atoms with Gasteiger partial charge in [0.15, 0.2) is 0 Å². The van der Waals surface area contributed by atoms with E-state index in [0.29, 0.717) is 12.6 Å². The largest absolute Gasteiger partial charge is 0.393 e. The van der Waals surface area contributed by atoms with Crippen LogP contribution in [0.1, 0.15) is 37.6 Å². The van der Waals surface area contributed by atoms with Gasteiger partial charge in [0.1, 0.15) is 11.5 Å². The number of carbonyl (C=O) groups excluding carboxylic acids is 1. The van der Waals surface area contributed by atoms with E-state index in [-0.39, 0.29) is 16.7 Å². The Bertz CT molecular complexity index is 544. The van der Waals surface area contributed by atoms with Crippen molar-refractivity contribution in [3.05, 3.63) is 33.6 Å². The lowest BCUT2D eigenvalue weighted by Gasteiger charge is -2.23. The highest BCUT2D eigenvalue weighted by Crippen LogP contribution is 2.27. The lowest BCUT2D eigenvalue weighted by atomic mass is 9.90. The summed E-state index contributed by atoms with van der Waals surface area (Å²) in [5.74, 6) is -1.49. The molecular formula is C13H18FN3O3. The Morgan fingerprint density at radius 1 is 1.50 bits per heavy atom. The number of rotatable bonds is 5. The molecule has 0 saturated heterocycles. The standard InChI is InChI=1S/C13H18FN3O3/c1-4-13(2,3)7-16-12(18)9-5-8(14)6-10(11(9)15)17(19)20/h5-6H,4,7,15H2,1-3H3,(H,16,18). The number of nitrogens with two attached hydrogens (primary N) is 1. The fourth-order valence-corrected chi connectivity index (χ4v) is 1.48. The first-order chi connectivity index (χ1) is 9.18. The van der Waals surface area contributed by atoms with E-state index >= 15 is 0 Å². The highest BCUT2D eigenvalue weighted by atomic mass is 19.1. The Balaban J connectivity index is 3.02. The number of hydrogen-bond acceptors (Lipinski definition) is 4. The Morgan fingerprint density at radius 3 is 2.60 bits per heavy atom. The number of halogens is 1. The minimum Gasteiger partial charge on any atom is -0.393 e. The Morgan fingerprint density at radius 2 is 2.10 bits per heavy atom. The molecule has 0 spiro atoms. The highest BCUT2D eigenvalue weighted by Gasteiger charge is 2.23. The van der Waals surface area contributed by atoms with Gasteiger partial charge in [0.05, 0.1) is 16.6 Å². The van der Waals surface area contributed by atoms with Gasteiger partial charge in [0.2, 0.25) is 0 Å². The summed E-state index contributed by atoms with van der Waals surface area (Å²) in [5.41, 5.74) is 4.28. The number of nitro groups is 1. The van der Waals surface area contributed by atoms with Crippen LogP contribution in [-0.4, -0.2) is 17.4 Å². The van der Waals surface area contributed by atoms with E-state index in [1.807, 2.05) is 20.8 Å². The van der Waals surface area contributed by atoms with E-state index in [2.05, 4.69) is 5.32 Å². The lowest BCUT2D eigenvalue weighted by Crippen LogP contribution is -2.34. The molecule has 110 valence electrons. The number of amides is 1. The number of hydrogen-bond donors (Lipinski definition) is 2. The van der Waals surface area contributed by atoms with Crippen LogP contribution in [0.25, 0.3) is 0 Å². The third-order valence-corrected chi connectivity index (χ3v) is 3.25. The summed E-state index contributed by atoms with van der Waals surface area (Å²) in [6, 6.07) is 1.60. The summed E-state index contributed by atoms with van der Waals surface area (Å²) in [4.78, 5) is 21.9. The third kappa shape index (κ3) is 3.66. The van der Waals surface area contributed by atoms with Crippen LogP contribution in [0.15, 0.2) is 12.1 Å². The van der Waals surface area contributed by atoms with Crippen molar-refractivity contribution < 1.29 is 14.1 Å². The maximum Gasteiger partial charge on any atom is 0.295 e. The molecule has 1 aromatic rings. The highest BCUT2D eigenvalue weighted by molar-refractivity contribution is 6.01. The molecule has 0 aromatic heterocycles. The summed E-state index contributed by atoms with van der Waals surface area (Å²) in [7, 11) is 0. The van der Waals surface area contributed by atoms with E-state index in [0.717, 1.165) is 12.5 Å². The van der Waals surface area contributed by atoms with Gasteiger partial charge in [-0.3, -0.25) is 14.9 Å². The normalized spacial score (nSPS) is 11.2. The van der Waals surface area contributed by atoms with Crippen molar-refractivity contribution in [1.29, 1.82) is 0 Å². The van der Waals surface area contributed by atoms with Crippen LogP contribution in [0.2, 0.25) is 0 Å². The van der Waals surface area contributed by atoms with Crippen LogP contribution >= 0.6 is 0 Å². The van der Waals surface area contributed by atoms with Crippen LogP contribution in [0, 0.1) is 21.3 Å². The number of nitrogen functional groups attached to an aromatic ring is 1. The van der Waals surface area contributed by atoms with Crippen LogP contribution in [0.5, 0.6) is 0 Å². The van der Waals surface area contributed by atoms with Gasteiger partial charge in [-0.15, -0.1) is 0 Å². The zero-order valence-electron chi connectivity index (χ0n) is 11.7. The topological polar surface area (TPSA) is 98.3 Å². The molecule has 3 N–H and O–H groups in total. The quantitative estimate of drug-likeness (QED) is 0.492. The minimum absolute atomic E-state index is 0.121. The molecule has 0 bridgehead atoms. The Hall–Kier alpha value is -2.18. The number of nitrogens with one attached hydrogen (secondary N) is 1. The summed E-state index contributed by atoms with van der Waals surface area (Å²) in [5, 5.41) is 13.4. The molecule has 6 nitrogen and oxygen atoms in total. The van der Waals surface area contributed by atoms with Crippen LogP contribution < -0.4 is 11.1 Å². The summed E-state index contributed by atoms with van der Waals surface area (Å²) in [6.07, 6.45) is 0.839. The van der Waals surface area contributed by atoms with E-state index < -0.39 is 22.3 Å². The molecule has 1 rings (SSSR count). The van der Waals surface area contributed by atoms with Crippen LogP contribution in [0.4, 0.5) is 15.8 Å². The molecule has 0 fully saturated rings. The second-order valence-electron chi connectivity index (χ2n) is 5.34. The maximum atomic E-state index is 13.3. The van der Waals surface area contributed by atoms with E-state index in [1.165, 1.54) is 0 Å². The predicted octanol–water partition coefficient (Wildman–Crippen LogP) is 2.48. The fourth-order valence-electron chi connectivity index (χ4n) is 1.48. The van der Waals surface area contributed by atoms with Crippen molar-refractivity contribution in [2.75, 3.05) is 12.3 Å². The van der Waals surface area contributed by atoms with Crippen molar-refractivity contribution in [2.45, 2.75) is 27.2 Å². The molecule has 0 saturated carbocycles. The average Bonchev–Trinajstić information content (AvgIpc) is 2.38. The first-order valence-electron chi connectivity index (χ1n) is 6.19. The molecule has 1 amide bonds. The van der Waals surface area contributed by atoms with Gasteiger partial charge >= 0.3 is 0 Å². The predicted molar refractivity (Wildman–Crippen MR) is 73.9 cm³/mol. The van der Waals surface area contributed by atoms with Crippen molar-refractivity contribution in [2.24, 2.45) is 5.41 Å². The van der Waals surface area contributed by atoms with Gasteiger partial charge in [0.25, 0.3) is 11.6 Å². The van der Waals surface area contributed by atoms with Gasteiger partial charge in [-0.1, -0.05) is 20.8 Å². The second kappa shape index (κ2) is 5.85. The molecule has 0 heterocycles. The number of benzene rings is 1. The van der Waals surface area contributed by atoms with Gasteiger partial charge in [-0.2, -0.15) is 0 Å². The lowest BCUT2D eigenvalue weighted by molar-refractivity contribution is -0.384.